The van der Waals surface area contributed by atoms with Crippen LogP contribution in [0, 0.1) is 5.92 Å². The fraction of sp³-hybridized carbons (Fsp3) is 0.462. The van der Waals surface area contributed by atoms with Crippen molar-refractivity contribution in [3.63, 3.8) is 0 Å². The van der Waals surface area contributed by atoms with E-state index in [1.165, 1.54) is 19.2 Å². The lowest BCUT2D eigenvalue weighted by Crippen LogP contribution is -2.39. The van der Waals surface area contributed by atoms with E-state index >= 15 is 0 Å². The van der Waals surface area contributed by atoms with E-state index in [2.05, 4.69) is 15.4 Å². The van der Waals surface area contributed by atoms with Crippen LogP contribution in [0.2, 0.25) is 0 Å². The second-order valence-electron chi connectivity index (χ2n) is 4.92. The Morgan fingerprint density at radius 2 is 2.15 bits per heavy atom. The van der Waals surface area contributed by atoms with Crippen molar-refractivity contribution in [1.29, 1.82) is 0 Å². The molecule has 2 rings (SSSR count). The second-order valence-corrected chi connectivity index (χ2v) is 6.81. The fourth-order valence-electron chi connectivity index (χ4n) is 2.26. The van der Waals surface area contributed by atoms with Gasteiger partial charge >= 0.3 is 0 Å². The van der Waals surface area contributed by atoms with E-state index in [-0.39, 0.29) is 22.8 Å². The molecule has 3 N–H and O–H groups in total. The molecule has 110 valence electrons. The Hall–Kier alpha value is -1.44. The van der Waals surface area contributed by atoms with Crippen LogP contribution in [-0.4, -0.2) is 34.0 Å². The molecule has 20 heavy (non-hydrogen) atoms. The van der Waals surface area contributed by atoms with Crippen LogP contribution in [0.3, 0.4) is 0 Å². The Kier molecular flexibility index (Phi) is 4.42. The van der Waals surface area contributed by atoms with Gasteiger partial charge in [-0.05, 0) is 44.1 Å². The van der Waals surface area contributed by atoms with Gasteiger partial charge in [0.2, 0.25) is 15.9 Å². The van der Waals surface area contributed by atoms with Gasteiger partial charge in [-0.1, -0.05) is 13.0 Å². The average molecular weight is 297 g/mol. The molecule has 0 aliphatic carbocycles. The van der Waals surface area contributed by atoms with Crippen molar-refractivity contribution >= 4 is 21.6 Å². The zero-order valence-corrected chi connectivity index (χ0v) is 12.3. The lowest BCUT2D eigenvalue weighted by atomic mass is 10.0. The van der Waals surface area contributed by atoms with Gasteiger partial charge in [-0.3, -0.25) is 4.79 Å². The topological polar surface area (TPSA) is 87.3 Å². The van der Waals surface area contributed by atoms with Gasteiger partial charge in [-0.2, -0.15) is 0 Å². The summed E-state index contributed by atoms with van der Waals surface area (Å²) in [6, 6.07) is 5.98. The van der Waals surface area contributed by atoms with Crippen molar-refractivity contribution in [2.45, 2.75) is 24.3 Å². The van der Waals surface area contributed by atoms with Gasteiger partial charge in [-0.15, -0.1) is 0 Å². The van der Waals surface area contributed by atoms with E-state index in [0.29, 0.717) is 5.69 Å². The van der Waals surface area contributed by atoms with Crippen LogP contribution in [0.25, 0.3) is 0 Å². The largest absolute Gasteiger partial charge is 0.325 e. The number of carbonyl (C=O) groups is 1. The summed E-state index contributed by atoms with van der Waals surface area (Å²) in [7, 11) is -2.15. The molecule has 1 fully saturated rings. The molecule has 1 aromatic rings. The number of amides is 1. The third-order valence-electron chi connectivity index (χ3n) is 3.50. The summed E-state index contributed by atoms with van der Waals surface area (Å²) in [5, 5.41) is 5.90. The second kappa shape index (κ2) is 5.90. The van der Waals surface area contributed by atoms with E-state index in [4.69, 9.17) is 0 Å². The highest BCUT2D eigenvalue weighted by Crippen LogP contribution is 2.18. The van der Waals surface area contributed by atoms with E-state index in [1.807, 2.05) is 6.92 Å². The fourth-order valence-corrected chi connectivity index (χ4v) is 3.04. The normalized spacial score (nSPS) is 22.7. The van der Waals surface area contributed by atoms with Crippen molar-refractivity contribution in [3.05, 3.63) is 24.3 Å². The minimum absolute atomic E-state index is 0.130. The number of sulfonamides is 1. The van der Waals surface area contributed by atoms with Crippen molar-refractivity contribution in [2.75, 3.05) is 18.9 Å². The summed E-state index contributed by atoms with van der Waals surface area (Å²) in [5.41, 5.74) is 0.479. The molecular formula is C13H19N3O3S. The van der Waals surface area contributed by atoms with Crippen LogP contribution < -0.4 is 15.4 Å². The van der Waals surface area contributed by atoms with E-state index in [0.717, 1.165) is 13.0 Å². The Morgan fingerprint density at radius 1 is 1.40 bits per heavy atom. The van der Waals surface area contributed by atoms with Gasteiger partial charge in [0, 0.05) is 5.69 Å². The molecule has 6 nitrogen and oxygen atoms in total. The first kappa shape index (κ1) is 15.0. The number of nitrogens with one attached hydrogen (secondary N) is 3. The Balaban J connectivity index is 2.14. The maximum atomic E-state index is 12.1. The highest BCUT2D eigenvalue weighted by atomic mass is 32.2. The summed E-state index contributed by atoms with van der Waals surface area (Å²) in [5.74, 6) is 0.147. The molecule has 1 saturated heterocycles. The monoisotopic (exact) mass is 297 g/mol. The summed E-state index contributed by atoms with van der Waals surface area (Å²) in [4.78, 5) is 12.2. The summed E-state index contributed by atoms with van der Waals surface area (Å²) < 4.78 is 25.7. The Bertz CT molecular complexity index is 601. The van der Waals surface area contributed by atoms with Crippen LogP contribution in [0.15, 0.2) is 29.2 Å². The van der Waals surface area contributed by atoms with Gasteiger partial charge < -0.3 is 10.6 Å². The number of hydrogen-bond acceptors (Lipinski definition) is 4. The molecule has 1 aliphatic heterocycles. The minimum atomic E-state index is -3.50. The van der Waals surface area contributed by atoms with Crippen LogP contribution in [-0.2, 0) is 14.8 Å². The standard InChI is InChI=1S/C13H19N3O3S/c1-9-6-7-15-12(9)13(17)16-10-4-3-5-11(8-10)20(18,19)14-2/h3-5,8-9,12,14-15H,6-7H2,1-2H3,(H,16,17). The molecule has 1 aliphatic rings. The molecular weight excluding hydrogens is 278 g/mol. The predicted molar refractivity (Wildman–Crippen MR) is 76.9 cm³/mol. The molecule has 0 saturated carbocycles. The first-order chi connectivity index (χ1) is 9.44. The van der Waals surface area contributed by atoms with Crippen molar-refractivity contribution in [1.82, 2.24) is 10.0 Å². The SMILES string of the molecule is CNS(=O)(=O)c1cccc(NC(=O)C2NCCC2C)c1. The zero-order valence-electron chi connectivity index (χ0n) is 11.5. The van der Waals surface area contributed by atoms with Gasteiger partial charge in [0.05, 0.1) is 10.9 Å². The highest BCUT2D eigenvalue weighted by Gasteiger charge is 2.29. The van der Waals surface area contributed by atoms with Crippen molar-refractivity contribution < 1.29 is 13.2 Å². The number of rotatable bonds is 4. The van der Waals surface area contributed by atoms with Crippen LogP contribution >= 0.6 is 0 Å². The molecule has 7 heteroatoms. The molecule has 0 spiro atoms. The van der Waals surface area contributed by atoms with Gasteiger partial charge in [0.15, 0.2) is 0 Å². The minimum Gasteiger partial charge on any atom is -0.325 e. The molecule has 2 atom stereocenters. The third-order valence-corrected chi connectivity index (χ3v) is 4.91. The lowest BCUT2D eigenvalue weighted by molar-refractivity contribution is -0.118. The number of carbonyl (C=O) groups excluding carboxylic acids is 1. The maximum Gasteiger partial charge on any atom is 0.241 e. The van der Waals surface area contributed by atoms with Crippen LogP contribution in [0.5, 0.6) is 0 Å². The predicted octanol–water partition coefficient (Wildman–Crippen LogP) is 0.531. The van der Waals surface area contributed by atoms with Crippen molar-refractivity contribution in [3.8, 4) is 0 Å². The first-order valence-electron chi connectivity index (χ1n) is 6.52. The van der Waals surface area contributed by atoms with Gasteiger partial charge in [-0.25, -0.2) is 13.1 Å². The summed E-state index contributed by atoms with van der Waals surface area (Å²) >= 11 is 0. The van der Waals surface area contributed by atoms with E-state index in [9.17, 15) is 13.2 Å². The first-order valence-corrected chi connectivity index (χ1v) is 8.00. The molecule has 1 amide bonds. The summed E-state index contributed by atoms with van der Waals surface area (Å²) in [6.45, 7) is 2.85. The third kappa shape index (κ3) is 3.17. The number of hydrogen-bond donors (Lipinski definition) is 3. The highest BCUT2D eigenvalue weighted by molar-refractivity contribution is 7.89. The van der Waals surface area contributed by atoms with Crippen LogP contribution in [0.4, 0.5) is 5.69 Å². The maximum absolute atomic E-state index is 12.1. The Labute approximate surface area is 119 Å². The van der Waals surface area contributed by atoms with Gasteiger partial charge in [0.1, 0.15) is 0 Å². The lowest BCUT2D eigenvalue weighted by Gasteiger charge is -2.15. The quantitative estimate of drug-likeness (QED) is 0.756. The van der Waals surface area contributed by atoms with Crippen LogP contribution in [0.1, 0.15) is 13.3 Å². The van der Waals surface area contributed by atoms with Gasteiger partial charge in [0.25, 0.3) is 0 Å². The summed E-state index contributed by atoms with van der Waals surface area (Å²) in [6.07, 6.45) is 0.965. The molecule has 1 aromatic carbocycles. The molecule has 0 radical (unpaired) electrons. The Morgan fingerprint density at radius 3 is 2.75 bits per heavy atom. The van der Waals surface area contributed by atoms with E-state index < -0.39 is 10.0 Å². The smallest absolute Gasteiger partial charge is 0.241 e. The average Bonchev–Trinajstić information content (AvgIpc) is 2.85. The number of benzene rings is 1. The molecule has 0 bridgehead atoms. The molecule has 0 aromatic heterocycles. The molecule has 1 heterocycles. The van der Waals surface area contributed by atoms with Crippen molar-refractivity contribution in [2.24, 2.45) is 5.92 Å². The number of anilines is 1. The zero-order chi connectivity index (χ0) is 14.8. The molecule has 2 unspecified atom stereocenters. The van der Waals surface area contributed by atoms with E-state index in [1.54, 1.807) is 12.1 Å².